The van der Waals surface area contributed by atoms with Crippen molar-refractivity contribution in [3.05, 3.63) is 67.7 Å². The Morgan fingerprint density at radius 1 is 1.17 bits per heavy atom. The van der Waals surface area contributed by atoms with Crippen molar-refractivity contribution in [2.24, 2.45) is 0 Å². The van der Waals surface area contributed by atoms with Gasteiger partial charge in [-0.15, -0.1) is 0 Å². The zero-order valence-corrected chi connectivity index (χ0v) is 15.9. The molecule has 0 aromatic heterocycles. The van der Waals surface area contributed by atoms with E-state index in [1.165, 1.54) is 0 Å². The number of hydrogen-bond acceptors (Lipinski definition) is 5. The van der Waals surface area contributed by atoms with Gasteiger partial charge >= 0.3 is 12.1 Å². The summed E-state index contributed by atoms with van der Waals surface area (Å²) in [5.41, 5.74) is -2.57. The number of nitro benzene ring substituents is 1. The monoisotopic (exact) mass is 450 g/mol. The molecule has 0 radical (unpaired) electrons. The fraction of sp³-hybridized carbons (Fsp3) is 0.176. The lowest BCUT2D eigenvalue weighted by molar-refractivity contribution is -0.384. The van der Waals surface area contributed by atoms with Crippen LogP contribution in [0, 0.1) is 10.1 Å². The van der Waals surface area contributed by atoms with E-state index in [4.69, 9.17) is 27.9 Å². The van der Waals surface area contributed by atoms with Gasteiger partial charge in [0.15, 0.2) is 6.10 Å². The molecule has 0 aliphatic heterocycles. The summed E-state index contributed by atoms with van der Waals surface area (Å²) >= 11 is 11.4. The molecule has 29 heavy (non-hydrogen) atoms. The molecule has 0 aliphatic carbocycles. The molecule has 7 nitrogen and oxygen atoms in total. The van der Waals surface area contributed by atoms with E-state index in [0.29, 0.717) is 6.07 Å². The Morgan fingerprint density at radius 2 is 1.83 bits per heavy atom. The van der Waals surface area contributed by atoms with Gasteiger partial charge in [-0.3, -0.25) is 14.9 Å². The number of rotatable bonds is 5. The maximum atomic E-state index is 13.1. The Kier molecular flexibility index (Phi) is 6.70. The Labute approximate surface area is 171 Å². The number of carbonyl (C=O) groups excluding carboxylic acids is 2. The summed E-state index contributed by atoms with van der Waals surface area (Å²) in [7, 11) is 0. The number of ether oxygens (including phenoxy) is 1. The van der Waals surface area contributed by atoms with Gasteiger partial charge in [0.2, 0.25) is 0 Å². The molecule has 1 N–H and O–H groups in total. The predicted molar refractivity (Wildman–Crippen MR) is 98.1 cm³/mol. The molecular formula is C17H11Cl2F3N2O5. The van der Waals surface area contributed by atoms with Crippen LogP contribution in [0.4, 0.5) is 24.5 Å². The van der Waals surface area contributed by atoms with Crippen molar-refractivity contribution in [1.82, 2.24) is 0 Å². The molecule has 154 valence electrons. The number of halogens is 5. The van der Waals surface area contributed by atoms with Crippen LogP contribution in [0.15, 0.2) is 36.4 Å². The van der Waals surface area contributed by atoms with Gasteiger partial charge in [0.05, 0.1) is 26.8 Å². The Balaban J connectivity index is 2.17. The van der Waals surface area contributed by atoms with Crippen molar-refractivity contribution in [3.63, 3.8) is 0 Å². The fourth-order valence-electron chi connectivity index (χ4n) is 2.16. The summed E-state index contributed by atoms with van der Waals surface area (Å²) in [6, 6.07) is 5.76. The van der Waals surface area contributed by atoms with Crippen molar-refractivity contribution in [3.8, 4) is 0 Å². The summed E-state index contributed by atoms with van der Waals surface area (Å²) in [6.07, 6.45) is -6.32. The summed E-state index contributed by atoms with van der Waals surface area (Å²) in [6.45, 7) is 1.11. The van der Waals surface area contributed by atoms with Gasteiger partial charge in [-0.05, 0) is 31.2 Å². The molecule has 0 fully saturated rings. The molecule has 2 rings (SSSR count). The second kappa shape index (κ2) is 8.66. The molecule has 0 aliphatic rings. The van der Waals surface area contributed by atoms with Crippen molar-refractivity contribution < 1.29 is 32.4 Å². The predicted octanol–water partition coefficient (Wildman–Crippen LogP) is 5.10. The SMILES string of the molecule is CC(OC(=O)c1cc([N+](=O)[O-])ccc1Cl)C(=O)Nc1ccc(Cl)cc1C(F)(F)F. The maximum absolute atomic E-state index is 13.1. The highest BCUT2D eigenvalue weighted by molar-refractivity contribution is 6.33. The highest BCUT2D eigenvalue weighted by Gasteiger charge is 2.35. The van der Waals surface area contributed by atoms with Crippen LogP contribution in [0.2, 0.25) is 10.0 Å². The lowest BCUT2D eigenvalue weighted by Crippen LogP contribution is -2.31. The van der Waals surface area contributed by atoms with E-state index in [1.54, 1.807) is 0 Å². The molecule has 2 aromatic rings. The first-order chi connectivity index (χ1) is 13.4. The highest BCUT2D eigenvalue weighted by Crippen LogP contribution is 2.36. The average Bonchev–Trinajstić information content (AvgIpc) is 2.62. The number of nitrogens with one attached hydrogen (secondary N) is 1. The summed E-state index contributed by atoms with van der Waals surface area (Å²) in [5, 5.41) is 12.5. The molecule has 2 aromatic carbocycles. The van der Waals surface area contributed by atoms with Crippen LogP contribution in [0.5, 0.6) is 0 Å². The fourth-order valence-corrected chi connectivity index (χ4v) is 2.52. The minimum atomic E-state index is -4.79. The first-order valence-electron chi connectivity index (χ1n) is 7.72. The molecule has 0 heterocycles. The highest BCUT2D eigenvalue weighted by atomic mass is 35.5. The number of anilines is 1. The van der Waals surface area contributed by atoms with Gasteiger partial charge in [0.25, 0.3) is 11.6 Å². The van der Waals surface area contributed by atoms with Crippen LogP contribution in [0.25, 0.3) is 0 Å². The normalized spacial score (nSPS) is 12.2. The lowest BCUT2D eigenvalue weighted by atomic mass is 10.1. The first kappa shape index (κ1) is 22.4. The molecule has 12 heteroatoms. The third-order valence-electron chi connectivity index (χ3n) is 3.58. The van der Waals surface area contributed by atoms with Gasteiger partial charge < -0.3 is 10.1 Å². The van der Waals surface area contributed by atoms with Gasteiger partial charge in [-0.25, -0.2) is 4.79 Å². The molecule has 1 unspecified atom stereocenters. The standard InChI is InChI=1S/C17H11Cl2F3N2O5/c1-8(29-16(26)11-7-10(24(27)28)3-4-13(11)19)15(25)23-14-5-2-9(18)6-12(14)17(20,21)22/h2-8H,1H3,(H,23,25). The smallest absolute Gasteiger partial charge is 0.418 e. The van der Waals surface area contributed by atoms with E-state index in [1.807, 2.05) is 5.32 Å². The molecule has 0 bridgehead atoms. The zero-order chi connectivity index (χ0) is 21.9. The minimum Gasteiger partial charge on any atom is -0.449 e. The Hall–Kier alpha value is -2.85. The number of non-ortho nitro benzene ring substituents is 1. The van der Waals surface area contributed by atoms with Crippen LogP contribution in [-0.4, -0.2) is 22.9 Å². The van der Waals surface area contributed by atoms with E-state index in [0.717, 1.165) is 37.3 Å². The minimum absolute atomic E-state index is 0.162. The molecule has 1 amide bonds. The molecule has 0 spiro atoms. The summed E-state index contributed by atoms with van der Waals surface area (Å²) in [5.74, 6) is -2.22. The van der Waals surface area contributed by atoms with Crippen molar-refractivity contribution in [1.29, 1.82) is 0 Å². The molecule has 0 saturated heterocycles. The first-order valence-corrected chi connectivity index (χ1v) is 8.48. The zero-order valence-electron chi connectivity index (χ0n) is 14.4. The number of hydrogen-bond donors (Lipinski definition) is 1. The second-order valence-corrected chi connectivity index (χ2v) is 6.49. The molecule has 1 atom stereocenters. The van der Waals surface area contributed by atoms with Gasteiger partial charge in [-0.1, -0.05) is 23.2 Å². The summed E-state index contributed by atoms with van der Waals surface area (Å²) < 4.78 is 44.2. The third-order valence-corrected chi connectivity index (χ3v) is 4.14. The van der Waals surface area contributed by atoms with E-state index < -0.39 is 46.0 Å². The van der Waals surface area contributed by atoms with E-state index in [-0.39, 0.29) is 15.6 Å². The number of alkyl halides is 3. The molecule has 0 saturated carbocycles. The van der Waals surface area contributed by atoms with Gasteiger partial charge in [-0.2, -0.15) is 13.2 Å². The van der Waals surface area contributed by atoms with Crippen LogP contribution < -0.4 is 5.32 Å². The number of benzene rings is 2. The third kappa shape index (κ3) is 5.58. The Morgan fingerprint density at radius 3 is 2.41 bits per heavy atom. The van der Waals surface area contributed by atoms with E-state index in [9.17, 15) is 32.9 Å². The molecular weight excluding hydrogens is 440 g/mol. The summed E-state index contributed by atoms with van der Waals surface area (Å²) in [4.78, 5) is 34.4. The van der Waals surface area contributed by atoms with Crippen molar-refractivity contribution in [2.75, 3.05) is 5.32 Å². The average molecular weight is 451 g/mol. The number of nitrogens with zero attached hydrogens (tertiary/aromatic N) is 1. The van der Waals surface area contributed by atoms with Crippen LogP contribution in [0.1, 0.15) is 22.8 Å². The lowest BCUT2D eigenvalue weighted by Gasteiger charge is -2.17. The number of carbonyl (C=O) groups is 2. The topological polar surface area (TPSA) is 98.5 Å². The number of esters is 1. The van der Waals surface area contributed by atoms with E-state index >= 15 is 0 Å². The van der Waals surface area contributed by atoms with Gasteiger partial charge in [0, 0.05) is 17.2 Å². The second-order valence-electron chi connectivity index (χ2n) is 5.65. The van der Waals surface area contributed by atoms with E-state index in [2.05, 4.69) is 0 Å². The van der Waals surface area contributed by atoms with Crippen LogP contribution in [0.3, 0.4) is 0 Å². The number of nitro groups is 1. The van der Waals surface area contributed by atoms with Crippen molar-refractivity contribution in [2.45, 2.75) is 19.2 Å². The van der Waals surface area contributed by atoms with Crippen LogP contribution >= 0.6 is 23.2 Å². The Bertz CT molecular complexity index is 982. The van der Waals surface area contributed by atoms with Crippen LogP contribution in [-0.2, 0) is 15.7 Å². The maximum Gasteiger partial charge on any atom is 0.418 e. The van der Waals surface area contributed by atoms with Crippen molar-refractivity contribution >= 4 is 46.5 Å². The number of amides is 1. The van der Waals surface area contributed by atoms with Gasteiger partial charge in [0.1, 0.15) is 0 Å². The quantitative estimate of drug-likeness (QED) is 0.387. The largest absolute Gasteiger partial charge is 0.449 e.